The molecule has 7 nitrogen and oxygen atoms in total. The standard InChI is InChI=1S/C15H21N5O2/c1-9(7-12-8-10(2)19-20-12)16-15(21)18-13-5-6-14(22-4)17-11(13)3/h5-6,8-9H,7H2,1-4H3,(H,19,20)(H2,16,18,21). The van der Waals surface area contributed by atoms with Crippen molar-refractivity contribution in [2.75, 3.05) is 12.4 Å². The zero-order chi connectivity index (χ0) is 16.1. The number of aromatic amines is 1. The van der Waals surface area contributed by atoms with Gasteiger partial charge in [-0.3, -0.25) is 5.10 Å². The van der Waals surface area contributed by atoms with E-state index in [4.69, 9.17) is 4.74 Å². The van der Waals surface area contributed by atoms with E-state index in [1.165, 1.54) is 0 Å². The Kier molecular flexibility index (Phi) is 4.98. The molecule has 2 aromatic rings. The van der Waals surface area contributed by atoms with Crippen LogP contribution in [0.5, 0.6) is 5.88 Å². The quantitative estimate of drug-likeness (QED) is 0.789. The molecular formula is C15H21N5O2. The summed E-state index contributed by atoms with van der Waals surface area (Å²) in [7, 11) is 1.56. The van der Waals surface area contributed by atoms with E-state index >= 15 is 0 Å². The third-order valence-electron chi connectivity index (χ3n) is 3.17. The Hall–Kier alpha value is -2.57. The molecule has 1 atom stereocenters. The SMILES string of the molecule is COc1ccc(NC(=O)NC(C)Cc2cc(C)[nH]n2)c(C)n1. The number of urea groups is 1. The number of rotatable bonds is 5. The predicted octanol–water partition coefficient (Wildman–Crippen LogP) is 2.18. The van der Waals surface area contributed by atoms with Crippen LogP contribution >= 0.6 is 0 Å². The lowest BCUT2D eigenvalue weighted by molar-refractivity contribution is 0.249. The molecule has 3 N–H and O–H groups in total. The van der Waals surface area contributed by atoms with Crippen molar-refractivity contribution in [3.8, 4) is 5.88 Å². The highest BCUT2D eigenvalue weighted by molar-refractivity contribution is 5.90. The van der Waals surface area contributed by atoms with E-state index < -0.39 is 0 Å². The number of amides is 2. The Morgan fingerprint density at radius 3 is 2.77 bits per heavy atom. The van der Waals surface area contributed by atoms with Crippen LogP contribution in [0.1, 0.15) is 24.0 Å². The first-order valence-electron chi connectivity index (χ1n) is 7.08. The van der Waals surface area contributed by atoms with Crippen LogP contribution in [0.25, 0.3) is 0 Å². The summed E-state index contributed by atoms with van der Waals surface area (Å²) in [5, 5.41) is 12.7. The lowest BCUT2D eigenvalue weighted by atomic mass is 10.2. The van der Waals surface area contributed by atoms with Gasteiger partial charge < -0.3 is 15.4 Å². The number of H-pyrrole nitrogens is 1. The van der Waals surface area contributed by atoms with Gasteiger partial charge in [0.2, 0.25) is 5.88 Å². The van der Waals surface area contributed by atoms with Crippen LogP contribution in [0, 0.1) is 13.8 Å². The van der Waals surface area contributed by atoms with Crippen molar-refractivity contribution in [3.05, 3.63) is 35.3 Å². The van der Waals surface area contributed by atoms with Crippen molar-refractivity contribution >= 4 is 11.7 Å². The summed E-state index contributed by atoms with van der Waals surface area (Å²) in [6.45, 7) is 5.69. The molecule has 118 valence electrons. The molecule has 0 aliphatic heterocycles. The van der Waals surface area contributed by atoms with E-state index in [2.05, 4.69) is 25.8 Å². The number of ether oxygens (including phenoxy) is 1. The number of hydrogen-bond donors (Lipinski definition) is 3. The molecule has 0 aliphatic rings. The molecule has 0 bridgehead atoms. The van der Waals surface area contributed by atoms with E-state index in [1.54, 1.807) is 19.2 Å². The number of carbonyl (C=O) groups excluding carboxylic acids is 1. The van der Waals surface area contributed by atoms with Gasteiger partial charge in [0, 0.05) is 24.2 Å². The zero-order valence-electron chi connectivity index (χ0n) is 13.2. The summed E-state index contributed by atoms with van der Waals surface area (Å²) in [5.41, 5.74) is 3.28. The Morgan fingerprint density at radius 1 is 1.41 bits per heavy atom. The van der Waals surface area contributed by atoms with Crippen LogP contribution in [0.15, 0.2) is 18.2 Å². The minimum atomic E-state index is -0.269. The van der Waals surface area contributed by atoms with Gasteiger partial charge in [-0.15, -0.1) is 0 Å². The molecule has 7 heteroatoms. The van der Waals surface area contributed by atoms with Crippen LogP contribution in [0.2, 0.25) is 0 Å². The van der Waals surface area contributed by atoms with Gasteiger partial charge in [-0.2, -0.15) is 5.10 Å². The van der Waals surface area contributed by atoms with E-state index in [9.17, 15) is 4.79 Å². The average Bonchev–Trinajstić information content (AvgIpc) is 2.86. The van der Waals surface area contributed by atoms with Crippen LogP contribution in [-0.4, -0.2) is 34.4 Å². The summed E-state index contributed by atoms with van der Waals surface area (Å²) in [4.78, 5) is 16.2. The topological polar surface area (TPSA) is 91.9 Å². The third-order valence-corrected chi connectivity index (χ3v) is 3.17. The van der Waals surface area contributed by atoms with Crippen molar-refractivity contribution in [3.63, 3.8) is 0 Å². The number of nitrogens with one attached hydrogen (secondary N) is 3. The Bertz CT molecular complexity index is 653. The fraction of sp³-hybridized carbons (Fsp3) is 0.400. The molecule has 0 radical (unpaired) electrons. The molecule has 2 aromatic heterocycles. The molecule has 0 fully saturated rings. The van der Waals surface area contributed by atoms with E-state index in [0.29, 0.717) is 23.7 Å². The smallest absolute Gasteiger partial charge is 0.319 e. The second-order valence-electron chi connectivity index (χ2n) is 5.23. The van der Waals surface area contributed by atoms with Crippen LogP contribution < -0.4 is 15.4 Å². The molecule has 0 spiro atoms. The van der Waals surface area contributed by atoms with Crippen molar-refractivity contribution in [1.29, 1.82) is 0 Å². The van der Waals surface area contributed by atoms with Gasteiger partial charge in [0.1, 0.15) is 0 Å². The van der Waals surface area contributed by atoms with Crippen molar-refractivity contribution < 1.29 is 9.53 Å². The highest BCUT2D eigenvalue weighted by Crippen LogP contribution is 2.16. The van der Waals surface area contributed by atoms with Crippen LogP contribution in [0.4, 0.5) is 10.5 Å². The van der Waals surface area contributed by atoms with E-state index in [1.807, 2.05) is 26.8 Å². The maximum atomic E-state index is 12.0. The number of pyridine rings is 1. The molecule has 0 aromatic carbocycles. The molecule has 2 amide bonds. The maximum absolute atomic E-state index is 12.0. The fourth-order valence-corrected chi connectivity index (χ4v) is 2.11. The highest BCUT2D eigenvalue weighted by Gasteiger charge is 2.11. The molecule has 0 saturated heterocycles. The summed E-state index contributed by atoms with van der Waals surface area (Å²) in [6, 6.07) is 5.14. The second-order valence-corrected chi connectivity index (χ2v) is 5.23. The number of methoxy groups -OCH3 is 1. The number of nitrogens with zero attached hydrogens (tertiary/aromatic N) is 2. The molecule has 0 saturated carbocycles. The van der Waals surface area contributed by atoms with Crippen molar-refractivity contribution in [1.82, 2.24) is 20.5 Å². The molecule has 1 unspecified atom stereocenters. The third kappa shape index (κ3) is 4.21. The largest absolute Gasteiger partial charge is 0.481 e. The van der Waals surface area contributed by atoms with Gasteiger partial charge in [0.25, 0.3) is 0 Å². The Morgan fingerprint density at radius 2 is 2.18 bits per heavy atom. The number of aromatic nitrogens is 3. The number of hydrogen-bond acceptors (Lipinski definition) is 4. The molecule has 22 heavy (non-hydrogen) atoms. The van der Waals surface area contributed by atoms with E-state index in [-0.39, 0.29) is 12.1 Å². The highest BCUT2D eigenvalue weighted by atomic mass is 16.5. The van der Waals surface area contributed by atoms with E-state index in [0.717, 1.165) is 11.4 Å². The number of anilines is 1. The van der Waals surface area contributed by atoms with Gasteiger partial charge in [-0.25, -0.2) is 9.78 Å². The summed E-state index contributed by atoms with van der Waals surface area (Å²) in [6.07, 6.45) is 0.664. The fourth-order valence-electron chi connectivity index (χ4n) is 2.11. The number of aryl methyl sites for hydroxylation is 2. The van der Waals surface area contributed by atoms with Gasteiger partial charge in [0.05, 0.1) is 24.2 Å². The first-order chi connectivity index (χ1) is 10.5. The Labute approximate surface area is 129 Å². The normalized spacial score (nSPS) is 11.8. The average molecular weight is 303 g/mol. The van der Waals surface area contributed by atoms with Gasteiger partial charge >= 0.3 is 6.03 Å². The lowest BCUT2D eigenvalue weighted by Crippen LogP contribution is -2.37. The molecule has 0 aliphatic carbocycles. The Balaban J connectivity index is 1.89. The van der Waals surface area contributed by atoms with Gasteiger partial charge in [0.15, 0.2) is 0 Å². The van der Waals surface area contributed by atoms with Crippen LogP contribution in [0.3, 0.4) is 0 Å². The monoisotopic (exact) mass is 303 g/mol. The van der Waals surface area contributed by atoms with Gasteiger partial charge in [-0.05, 0) is 32.9 Å². The zero-order valence-corrected chi connectivity index (χ0v) is 13.2. The predicted molar refractivity (Wildman–Crippen MR) is 84.2 cm³/mol. The number of carbonyl (C=O) groups is 1. The van der Waals surface area contributed by atoms with Crippen LogP contribution in [-0.2, 0) is 6.42 Å². The van der Waals surface area contributed by atoms with Crippen molar-refractivity contribution in [2.45, 2.75) is 33.2 Å². The minimum absolute atomic E-state index is 0.0331. The molecule has 2 rings (SSSR count). The lowest BCUT2D eigenvalue weighted by Gasteiger charge is -2.14. The van der Waals surface area contributed by atoms with Gasteiger partial charge in [-0.1, -0.05) is 0 Å². The summed E-state index contributed by atoms with van der Waals surface area (Å²) >= 11 is 0. The summed E-state index contributed by atoms with van der Waals surface area (Å²) in [5.74, 6) is 0.519. The molecular weight excluding hydrogens is 282 g/mol. The second kappa shape index (κ2) is 6.93. The minimum Gasteiger partial charge on any atom is -0.481 e. The summed E-state index contributed by atoms with van der Waals surface area (Å²) < 4.78 is 5.04. The maximum Gasteiger partial charge on any atom is 0.319 e. The first kappa shape index (κ1) is 15.8. The first-order valence-corrected chi connectivity index (χ1v) is 7.08. The van der Waals surface area contributed by atoms with Crippen molar-refractivity contribution in [2.24, 2.45) is 0 Å². The molecule has 2 heterocycles.